The lowest BCUT2D eigenvalue weighted by molar-refractivity contribution is 0.392. The van der Waals surface area contributed by atoms with Crippen LogP contribution in [0, 0.1) is 10.8 Å². The summed E-state index contributed by atoms with van der Waals surface area (Å²) in [7, 11) is 0. The third-order valence-corrected chi connectivity index (χ3v) is 6.45. The summed E-state index contributed by atoms with van der Waals surface area (Å²) >= 11 is 0. The summed E-state index contributed by atoms with van der Waals surface area (Å²) in [5, 5.41) is 4.63. The highest BCUT2D eigenvalue weighted by atomic mass is 14.9. The first-order valence-electron chi connectivity index (χ1n) is 14.3. The van der Waals surface area contributed by atoms with Crippen LogP contribution in [0.2, 0.25) is 0 Å². The molecule has 0 aliphatic heterocycles. The normalized spacial score (nSPS) is 15.6. The van der Waals surface area contributed by atoms with E-state index >= 15 is 0 Å². The Morgan fingerprint density at radius 2 is 1.34 bits per heavy atom. The Kier molecular flexibility index (Phi) is 3.88. The molecular formula is C33H34N2. The molecule has 0 aliphatic rings. The first kappa shape index (κ1) is 18.0. The Labute approximate surface area is 213 Å². The van der Waals surface area contributed by atoms with Gasteiger partial charge in [0, 0.05) is 38.8 Å². The number of nitrogens with zero attached hydrogens (tertiary/aromatic N) is 2. The van der Waals surface area contributed by atoms with E-state index < -0.39 is 23.6 Å². The van der Waals surface area contributed by atoms with Crippen LogP contribution >= 0.6 is 0 Å². The number of para-hydroxylation sites is 2. The van der Waals surface area contributed by atoms with E-state index in [9.17, 15) is 2.74 Å². The fraction of sp³-hybridized carbons (Fsp3) is 0.303. The first-order chi connectivity index (χ1) is 18.2. The van der Waals surface area contributed by atoms with Crippen LogP contribution < -0.4 is 0 Å². The molecule has 0 atom stereocenters. The molecule has 6 rings (SSSR count). The van der Waals surface area contributed by atoms with E-state index in [1.54, 1.807) is 12.3 Å². The van der Waals surface area contributed by atoms with E-state index in [0.29, 0.717) is 16.8 Å². The molecule has 0 radical (unpaired) electrons. The number of hydrogen-bond acceptors (Lipinski definition) is 1. The summed E-state index contributed by atoms with van der Waals surface area (Å²) < 4.78 is 38.7. The predicted octanol–water partition coefficient (Wildman–Crippen LogP) is 9.08. The number of hydrogen-bond donors (Lipinski definition) is 0. The van der Waals surface area contributed by atoms with Gasteiger partial charge in [-0.25, -0.2) is 0 Å². The second-order valence-corrected chi connectivity index (χ2v) is 11.6. The van der Waals surface area contributed by atoms with Gasteiger partial charge in [0.2, 0.25) is 0 Å². The summed E-state index contributed by atoms with van der Waals surface area (Å²) in [6, 6.07) is 22.9. The fourth-order valence-electron chi connectivity index (χ4n) is 5.31. The summed E-state index contributed by atoms with van der Waals surface area (Å²) in [6.07, 6.45) is -2.00. The maximum absolute atomic E-state index is 9.19. The van der Waals surface area contributed by atoms with Crippen molar-refractivity contribution in [3.05, 3.63) is 84.1 Å². The van der Waals surface area contributed by atoms with Crippen LogP contribution in [-0.2, 0) is 12.7 Å². The lowest BCUT2D eigenvalue weighted by atomic mass is 9.81. The van der Waals surface area contributed by atoms with E-state index in [1.807, 2.05) is 53.7 Å². The van der Waals surface area contributed by atoms with Gasteiger partial charge >= 0.3 is 0 Å². The van der Waals surface area contributed by atoms with Gasteiger partial charge < -0.3 is 4.40 Å². The molecule has 0 saturated heterocycles. The monoisotopic (exact) mass is 462 g/mol. The highest BCUT2D eigenvalue weighted by Gasteiger charge is 2.22. The van der Waals surface area contributed by atoms with Crippen molar-refractivity contribution < 1.29 is 5.48 Å². The SMILES string of the molecule is [2H]C([2H])(c1cnc(-c2cccc3c2c2cccc4c5ccccc5n3c42)cc1C([2H])([2H])C(C)(C)C)C(C)(C)C. The molecule has 0 saturated carbocycles. The van der Waals surface area contributed by atoms with Crippen LogP contribution in [0.3, 0.4) is 0 Å². The van der Waals surface area contributed by atoms with Crippen molar-refractivity contribution in [1.82, 2.24) is 9.38 Å². The highest BCUT2D eigenvalue weighted by Crippen LogP contribution is 2.42. The second-order valence-electron chi connectivity index (χ2n) is 11.6. The molecule has 176 valence electrons. The first-order valence-corrected chi connectivity index (χ1v) is 12.3. The molecule has 0 bridgehead atoms. The number of benzene rings is 3. The summed E-state index contributed by atoms with van der Waals surface area (Å²) in [5.74, 6) is 0. The summed E-state index contributed by atoms with van der Waals surface area (Å²) in [5.41, 5.74) is 4.15. The van der Waals surface area contributed by atoms with Gasteiger partial charge in [-0.2, -0.15) is 0 Å². The smallest absolute Gasteiger partial charge is 0.0711 e. The van der Waals surface area contributed by atoms with Gasteiger partial charge in [-0.15, -0.1) is 0 Å². The molecule has 0 amide bonds. The van der Waals surface area contributed by atoms with Crippen LogP contribution in [0.15, 0.2) is 72.9 Å². The molecule has 2 heteroatoms. The molecule has 0 aliphatic carbocycles. The van der Waals surface area contributed by atoms with Gasteiger partial charge in [0.15, 0.2) is 0 Å². The number of aromatic nitrogens is 2. The zero-order valence-corrected chi connectivity index (χ0v) is 21.3. The minimum absolute atomic E-state index is 0.311. The molecule has 35 heavy (non-hydrogen) atoms. The van der Waals surface area contributed by atoms with Crippen LogP contribution in [0.4, 0.5) is 0 Å². The molecule has 6 aromatic rings. The Morgan fingerprint density at radius 1 is 0.714 bits per heavy atom. The molecule has 0 unspecified atom stereocenters. The van der Waals surface area contributed by atoms with Crippen molar-refractivity contribution in [2.45, 2.75) is 54.3 Å². The van der Waals surface area contributed by atoms with E-state index in [4.69, 9.17) is 7.73 Å². The second kappa shape index (κ2) is 7.55. The minimum atomic E-state index is -1.79. The Hall–Kier alpha value is -3.39. The molecule has 0 N–H and O–H groups in total. The number of pyridine rings is 1. The fourth-order valence-corrected chi connectivity index (χ4v) is 5.31. The van der Waals surface area contributed by atoms with Crippen molar-refractivity contribution in [2.75, 3.05) is 0 Å². The van der Waals surface area contributed by atoms with Gasteiger partial charge in [0.05, 0.1) is 22.2 Å². The van der Waals surface area contributed by atoms with E-state index in [1.165, 1.54) is 16.3 Å². The van der Waals surface area contributed by atoms with Crippen molar-refractivity contribution >= 4 is 38.1 Å². The molecule has 3 aromatic heterocycles. The summed E-state index contributed by atoms with van der Waals surface area (Å²) in [6.45, 7) is 11.1. The van der Waals surface area contributed by atoms with E-state index in [0.717, 1.165) is 27.4 Å². The zero-order valence-electron chi connectivity index (χ0n) is 25.3. The zero-order chi connectivity index (χ0) is 28.1. The molecular weight excluding hydrogens is 424 g/mol. The van der Waals surface area contributed by atoms with Gasteiger partial charge in [-0.3, -0.25) is 4.98 Å². The van der Waals surface area contributed by atoms with Gasteiger partial charge in [0.25, 0.3) is 0 Å². The molecule has 2 nitrogen and oxygen atoms in total. The van der Waals surface area contributed by atoms with E-state index in [-0.39, 0.29) is 0 Å². The molecule has 0 spiro atoms. The van der Waals surface area contributed by atoms with Gasteiger partial charge in [-0.1, -0.05) is 90.1 Å². The van der Waals surface area contributed by atoms with Crippen molar-refractivity contribution in [3.63, 3.8) is 0 Å². The van der Waals surface area contributed by atoms with Crippen molar-refractivity contribution in [3.8, 4) is 11.3 Å². The number of fused-ring (bicyclic) bond motifs is 6. The number of rotatable bonds is 3. The molecule has 0 fully saturated rings. The van der Waals surface area contributed by atoms with Crippen LogP contribution in [0.1, 0.15) is 58.2 Å². The quantitative estimate of drug-likeness (QED) is 0.256. The Balaban J connectivity index is 1.70. The van der Waals surface area contributed by atoms with Crippen molar-refractivity contribution in [2.24, 2.45) is 10.8 Å². The molecule has 3 heterocycles. The maximum Gasteiger partial charge on any atom is 0.0711 e. The lowest BCUT2D eigenvalue weighted by Gasteiger charge is -2.25. The third kappa shape index (κ3) is 3.67. The van der Waals surface area contributed by atoms with Crippen LogP contribution in [0.5, 0.6) is 0 Å². The predicted molar refractivity (Wildman–Crippen MR) is 151 cm³/mol. The lowest BCUT2D eigenvalue weighted by Crippen LogP contribution is -2.16. The Bertz CT molecular complexity index is 1880. The van der Waals surface area contributed by atoms with Gasteiger partial charge in [0.1, 0.15) is 0 Å². The van der Waals surface area contributed by atoms with Crippen LogP contribution in [-0.4, -0.2) is 9.38 Å². The van der Waals surface area contributed by atoms with E-state index in [2.05, 4.69) is 52.9 Å². The maximum atomic E-state index is 9.19. The largest absolute Gasteiger partial charge is 0.308 e. The molecule has 3 aromatic carbocycles. The highest BCUT2D eigenvalue weighted by molar-refractivity contribution is 6.25. The average Bonchev–Trinajstić information content (AvgIpc) is 3.39. The van der Waals surface area contributed by atoms with Gasteiger partial charge in [-0.05, 0) is 52.9 Å². The summed E-state index contributed by atoms with van der Waals surface area (Å²) in [4.78, 5) is 4.82. The minimum Gasteiger partial charge on any atom is -0.308 e. The van der Waals surface area contributed by atoms with Crippen LogP contribution in [0.25, 0.3) is 49.4 Å². The Morgan fingerprint density at radius 3 is 2.11 bits per heavy atom. The topological polar surface area (TPSA) is 17.3 Å². The third-order valence-electron chi connectivity index (χ3n) is 6.45. The van der Waals surface area contributed by atoms with Crippen molar-refractivity contribution in [1.29, 1.82) is 0 Å². The average molecular weight is 463 g/mol. The standard InChI is InChI=1S/C33H34N2/c1-32(2,3)18-21-17-27(34-20-22(21)19-33(4,5)6)25-13-10-16-29-30(25)26-14-9-12-24-23-11-7-8-15-28(23)35(29)31(24)26/h7-17,20H,18-19H2,1-6H3/i18D2,19D2.